The van der Waals surface area contributed by atoms with E-state index in [1.54, 1.807) is 60.9 Å². The minimum absolute atomic E-state index is 0.159. The van der Waals surface area contributed by atoms with Gasteiger partial charge in [0, 0.05) is 28.1 Å². The average Bonchev–Trinajstić information content (AvgIpc) is 2.60. The zero-order valence-corrected chi connectivity index (χ0v) is 14.5. The van der Waals surface area contributed by atoms with Crippen molar-refractivity contribution >= 4 is 34.8 Å². The van der Waals surface area contributed by atoms with E-state index in [-0.39, 0.29) is 18.3 Å². The molecule has 0 saturated carbocycles. The van der Waals surface area contributed by atoms with E-state index in [1.807, 2.05) is 0 Å². The number of nitrogens with zero attached hydrogens (tertiary/aromatic N) is 2. The third kappa shape index (κ3) is 4.92. The van der Waals surface area contributed by atoms with Crippen molar-refractivity contribution in [1.29, 1.82) is 0 Å². The number of hydrogen-bond acceptors (Lipinski definition) is 4. The molecule has 5 nitrogen and oxygen atoms in total. The summed E-state index contributed by atoms with van der Waals surface area (Å²) in [7, 11) is 0. The van der Waals surface area contributed by atoms with Gasteiger partial charge in [0.1, 0.15) is 5.75 Å². The van der Waals surface area contributed by atoms with Crippen molar-refractivity contribution in [2.75, 3.05) is 5.32 Å². The number of benzene rings is 2. The summed E-state index contributed by atoms with van der Waals surface area (Å²) in [5.74, 6) is 0.397. The number of hydrogen-bond donors (Lipinski definition) is 1. The van der Waals surface area contributed by atoms with Crippen molar-refractivity contribution in [3.63, 3.8) is 0 Å². The van der Waals surface area contributed by atoms with Crippen molar-refractivity contribution < 1.29 is 9.53 Å². The summed E-state index contributed by atoms with van der Waals surface area (Å²) in [5, 5.41) is 3.81. The lowest BCUT2D eigenvalue weighted by Crippen LogP contribution is -2.14. The Labute approximate surface area is 154 Å². The summed E-state index contributed by atoms with van der Waals surface area (Å²) in [5.41, 5.74) is 1.36. The number of ether oxygens (including phenoxy) is 1. The van der Waals surface area contributed by atoms with Crippen LogP contribution in [0.1, 0.15) is 5.56 Å². The number of rotatable bonds is 5. The molecule has 7 heteroatoms. The molecule has 25 heavy (non-hydrogen) atoms. The molecule has 0 aliphatic rings. The molecule has 1 amide bonds. The Kier molecular flexibility index (Phi) is 5.48. The highest BCUT2D eigenvalue weighted by atomic mass is 35.5. The van der Waals surface area contributed by atoms with E-state index in [1.165, 1.54) is 0 Å². The smallest absolute Gasteiger partial charge is 0.321 e. The van der Waals surface area contributed by atoms with Gasteiger partial charge in [-0.15, -0.1) is 0 Å². The highest BCUT2D eigenvalue weighted by Crippen LogP contribution is 2.23. The molecule has 0 spiro atoms. The monoisotopic (exact) mass is 373 g/mol. The molecule has 126 valence electrons. The van der Waals surface area contributed by atoms with Crippen LogP contribution in [0.15, 0.2) is 60.9 Å². The van der Waals surface area contributed by atoms with Crippen LogP contribution >= 0.6 is 23.2 Å². The Morgan fingerprint density at radius 2 is 1.76 bits per heavy atom. The molecular weight excluding hydrogens is 361 g/mol. The van der Waals surface area contributed by atoms with Crippen LogP contribution in [0.5, 0.6) is 11.8 Å². The van der Waals surface area contributed by atoms with Gasteiger partial charge in [-0.3, -0.25) is 4.79 Å². The van der Waals surface area contributed by atoms with Crippen molar-refractivity contribution in [3.05, 3.63) is 76.5 Å². The second-order valence-electron chi connectivity index (χ2n) is 5.12. The second kappa shape index (κ2) is 7.96. The third-order valence-electron chi connectivity index (χ3n) is 3.26. The molecule has 3 rings (SSSR count). The van der Waals surface area contributed by atoms with Crippen molar-refractivity contribution in [2.24, 2.45) is 0 Å². The molecular formula is C18H13Cl2N3O2. The summed E-state index contributed by atoms with van der Waals surface area (Å²) in [6.45, 7) is 0. The predicted octanol–water partition coefficient (Wildman–Crippen LogP) is 4.76. The zero-order chi connectivity index (χ0) is 17.6. The van der Waals surface area contributed by atoms with Crippen LogP contribution in [0.3, 0.4) is 0 Å². The first kappa shape index (κ1) is 17.2. The number of amides is 1. The molecule has 0 atom stereocenters. The lowest BCUT2D eigenvalue weighted by atomic mass is 10.1. The Bertz CT molecular complexity index is 871. The van der Waals surface area contributed by atoms with Crippen molar-refractivity contribution in [1.82, 2.24) is 9.97 Å². The van der Waals surface area contributed by atoms with E-state index in [0.717, 1.165) is 0 Å². The highest BCUT2D eigenvalue weighted by molar-refractivity contribution is 6.35. The van der Waals surface area contributed by atoms with Gasteiger partial charge in [-0.05, 0) is 48.0 Å². The summed E-state index contributed by atoms with van der Waals surface area (Å²) < 4.78 is 5.50. The van der Waals surface area contributed by atoms with E-state index in [0.29, 0.717) is 27.0 Å². The van der Waals surface area contributed by atoms with E-state index >= 15 is 0 Å². The van der Waals surface area contributed by atoms with Gasteiger partial charge in [0.2, 0.25) is 5.91 Å². The topological polar surface area (TPSA) is 64.1 Å². The fraction of sp³-hybridized carbons (Fsp3) is 0.0556. The average molecular weight is 374 g/mol. The molecule has 0 aliphatic heterocycles. The van der Waals surface area contributed by atoms with Crippen LogP contribution in [0.4, 0.5) is 5.69 Å². The predicted molar refractivity (Wildman–Crippen MR) is 97.3 cm³/mol. The maximum atomic E-state index is 12.1. The standard InChI is InChI=1S/C18H13Cl2N3O2/c19-13-3-2-12(16(20)11-13)10-17(24)23-14-4-6-15(7-5-14)25-18-21-8-1-9-22-18/h1-9,11H,10H2,(H,23,24). The van der Waals surface area contributed by atoms with Crippen LogP contribution in [0.2, 0.25) is 10.0 Å². The molecule has 1 aromatic heterocycles. The number of nitrogens with one attached hydrogen (secondary N) is 1. The molecule has 0 radical (unpaired) electrons. The van der Waals surface area contributed by atoms with Crippen LogP contribution in [0, 0.1) is 0 Å². The lowest BCUT2D eigenvalue weighted by Gasteiger charge is -2.08. The highest BCUT2D eigenvalue weighted by Gasteiger charge is 2.08. The molecule has 1 N–H and O–H groups in total. The summed E-state index contributed by atoms with van der Waals surface area (Å²) in [6.07, 6.45) is 3.35. The van der Waals surface area contributed by atoms with Crippen LogP contribution in [-0.4, -0.2) is 15.9 Å². The van der Waals surface area contributed by atoms with E-state index in [2.05, 4.69) is 15.3 Å². The van der Waals surface area contributed by atoms with E-state index in [9.17, 15) is 4.79 Å². The molecule has 1 heterocycles. The SMILES string of the molecule is O=C(Cc1ccc(Cl)cc1Cl)Nc1ccc(Oc2ncccn2)cc1. The summed E-state index contributed by atoms with van der Waals surface area (Å²) in [4.78, 5) is 20.1. The van der Waals surface area contributed by atoms with Gasteiger partial charge in [-0.25, -0.2) is 9.97 Å². The molecule has 0 fully saturated rings. The second-order valence-corrected chi connectivity index (χ2v) is 5.96. The van der Waals surface area contributed by atoms with Gasteiger partial charge in [-0.1, -0.05) is 29.3 Å². The quantitative estimate of drug-likeness (QED) is 0.700. The fourth-order valence-electron chi connectivity index (χ4n) is 2.09. The normalized spacial score (nSPS) is 10.3. The van der Waals surface area contributed by atoms with Gasteiger partial charge in [0.15, 0.2) is 0 Å². The molecule has 2 aromatic carbocycles. The Morgan fingerprint density at radius 1 is 1.04 bits per heavy atom. The first-order valence-corrected chi connectivity index (χ1v) is 8.14. The van der Waals surface area contributed by atoms with Crippen molar-refractivity contribution in [3.8, 4) is 11.8 Å². The molecule has 3 aromatic rings. The number of halogens is 2. The first-order chi connectivity index (χ1) is 12.1. The van der Waals surface area contributed by atoms with Gasteiger partial charge in [0.05, 0.1) is 6.42 Å². The Morgan fingerprint density at radius 3 is 2.44 bits per heavy atom. The van der Waals surface area contributed by atoms with Crippen molar-refractivity contribution in [2.45, 2.75) is 6.42 Å². The lowest BCUT2D eigenvalue weighted by molar-refractivity contribution is -0.115. The largest absolute Gasteiger partial charge is 0.424 e. The summed E-state index contributed by atoms with van der Waals surface area (Å²) in [6, 6.07) is 13.9. The minimum atomic E-state index is -0.177. The van der Waals surface area contributed by atoms with E-state index in [4.69, 9.17) is 27.9 Å². The van der Waals surface area contributed by atoms with Gasteiger partial charge < -0.3 is 10.1 Å². The molecule has 0 aliphatic carbocycles. The van der Waals surface area contributed by atoms with Crippen LogP contribution in [0.25, 0.3) is 0 Å². The molecule has 0 bridgehead atoms. The minimum Gasteiger partial charge on any atom is -0.424 e. The Hall–Kier alpha value is -2.63. The maximum Gasteiger partial charge on any atom is 0.321 e. The zero-order valence-electron chi connectivity index (χ0n) is 12.9. The van der Waals surface area contributed by atoms with Gasteiger partial charge in [0.25, 0.3) is 0 Å². The fourth-order valence-corrected chi connectivity index (χ4v) is 2.57. The summed E-state index contributed by atoms with van der Waals surface area (Å²) >= 11 is 11.9. The third-order valence-corrected chi connectivity index (χ3v) is 3.84. The van der Waals surface area contributed by atoms with Crippen LogP contribution < -0.4 is 10.1 Å². The van der Waals surface area contributed by atoms with Crippen LogP contribution in [-0.2, 0) is 11.2 Å². The molecule has 0 saturated heterocycles. The number of anilines is 1. The van der Waals surface area contributed by atoms with Gasteiger partial charge >= 0.3 is 6.01 Å². The number of carbonyl (C=O) groups is 1. The van der Waals surface area contributed by atoms with Gasteiger partial charge in [-0.2, -0.15) is 0 Å². The molecule has 0 unspecified atom stereocenters. The first-order valence-electron chi connectivity index (χ1n) is 7.39. The maximum absolute atomic E-state index is 12.1. The Balaban J connectivity index is 1.60. The van der Waals surface area contributed by atoms with E-state index < -0.39 is 0 Å². The number of aromatic nitrogens is 2. The number of carbonyl (C=O) groups excluding carboxylic acids is 1.